The van der Waals surface area contributed by atoms with Crippen molar-refractivity contribution in [3.8, 4) is 11.4 Å². The maximum Gasteiger partial charge on any atom is 0.255 e. The average molecular weight is 357 g/mol. The molecule has 0 saturated heterocycles. The maximum atomic E-state index is 12.4. The number of amides is 2. The van der Waals surface area contributed by atoms with E-state index in [0.29, 0.717) is 21.8 Å². The zero-order valence-corrected chi connectivity index (χ0v) is 13.6. The highest BCUT2D eigenvalue weighted by molar-refractivity contribution is 6.31. The van der Waals surface area contributed by atoms with Crippen molar-refractivity contribution in [3.63, 3.8) is 0 Å². The number of para-hydroxylation sites is 1. The summed E-state index contributed by atoms with van der Waals surface area (Å²) in [4.78, 5) is 24.4. The van der Waals surface area contributed by atoms with Crippen LogP contribution in [0, 0.1) is 0 Å². The SMILES string of the molecule is NC(=O)Cn1nnc(-c2ccccc2NC(=O)c2cccc(Cl)c2)n1. The second kappa shape index (κ2) is 7.10. The van der Waals surface area contributed by atoms with Crippen molar-refractivity contribution in [3.05, 3.63) is 59.1 Å². The number of nitrogens with one attached hydrogen (secondary N) is 1. The number of nitrogens with two attached hydrogens (primary N) is 1. The van der Waals surface area contributed by atoms with E-state index in [1.807, 2.05) is 0 Å². The fourth-order valence-electron chi connectivity index (χ4n) is 2.17. The zero-order valence-electron chi connectivity index (χ0n) is 12.9. The summed E-state index contributed by atoms with van der Waals surface area (Å²) in [6.45, 7) is -0.177. The van der Waals surface area contributed by atoms with Gasteiger partial charge in [0.05, 0.1) is 5.69 Å². The number of nitrogens with zero attached hydrogens (tertiary/aromatic N) is 4. The molecule has 0 atom stereocenters. The molecule has 2 amide bonds. The number of tetrazole rings is 1. The molecule has 3 N–H and O–H groups in total. The van der Waals surface area contributed by atoms with Gasteiger partial charge in [-0.25, -0.2) is 0 Å². The summed E-state index contributed by atoms with van der Waals surface area (Å²) in [5.41, 5.74) is 6.60. The van der Waals surface area contributed by atoms with Crippen LogP contribution in [0.4, 0.5) is 5.69 Å². The lowest BCUT2D eigenvalue weighted by molar-refractivity contribution is -0.118. The summed E-state index contributed by atoms with van der Waals surface area (Å²) >= 11 is 5.91. The number of benzene rings is 2. The summed E-state index contributed by atoms with van der Waals surface area (Å²) in [7, 11) is 0. The number of aromatic nitrogens is 4. The summed E-state index contributed by atoms with van der Waals surface area (Å²) in [5.74, 6) is -0.630. The third-order valence-corrected chi connectivity index (χ3v) is 3.49. The predicted molar refractivity (Wildman–Crippen MR) is 91.9 cm³/mol. The first kappa shape index (κ1) is 16.6. The molecule has 8 nitrogen and oxygen atoms in total. The van der Waals surface area contributed by atoms with E-state index in [2.05, 4.69) is 20.7 Å². The minimum atomic E-state index is -0.577. The van der Waals surface area contributed by atoms with Crippen molar-refractivity contribution in [1.29, 1.82) is 0 Å². The number of hydrogen-bond donors (Lipinski definition) is 2. The van der Waals surface area contributed by atoms with Crippen LogP contribution in [-0.2, 0) is 11.3 Å². The van der Waals surface area contributed by atoms with Crippen LogP contribution in [0.2, 0.25) is 5.02 Å². The summed E-state index contributed by atoms with van der Waals surface area (Å²) < 4.78 is 0. The summed E-state index contributed by atoms with van der Waals surface area (Å²) in [6, 6.07) is 13.6. The average Bonchev–Trinajstić information content (AvgIpc) is 3.03. The normalized spacial score (nSPS) is 10.4. The van der Waals surface area contributed by atoms with E-state index in [1.165, 1.54) is 0 Å². The number of carbonyl (C=O) groups excluding carboxylic acids is 2. The molecule has 126 valence electrons. The van der Waals surface area contributed by atoms with Crippen LogP contribution in [-0.4, -0.2) is 32.0 Å². The molecular formula is C16H13ClN6O2. The standard InChI is InChI=1S/C16H13ClN6O2/c17-11-5-3-4-10(8-11)16(25)19-13-7-2-1-6-12(13)15-20-22-23(21-15)9-14(18)24/h1-8H,9H2,(H2,18,24)(H,19,25). The molecule has 0 saturated carbocycles. The van der Waals surface area contributed by atoms with Gasteiger partial charge in [0.2, 0.25) is 11.7 Å². The van der Waals surface area contributed by atoms with Gasteiger partial charge in [-0.2, -0.15) is 4.80 Å². The lowest BCUT2D eigenvalue weighted by atomic mass is 10.1. The summed E-state index contributed by atoms with van der Waals surface area (Å²) in [6.07, 6.45) is 0. The van der Waals surface area contributed by atoms with E-state index in [1.54, 1.807) is 48.5 Å². The Bertz CT molecular complexity index is 940. The van der Waals surface area contributed by atoms with E-state index in [0.717, 1.165) is 4.80 Å². The van der Waals surface area contributed by atoms with Gasteiger partial charge >= 0.3 is 0 Å². The number of rotatable bonds is 5. The quantitative estimate of drug-likeness (QED) is 0.722. The Hall–Kier alpha value is -3.26. The number of hydrogen-bond acceptors (Lipinski definition) is 5. The monoisotopic (exact) mass is 356 g/mol. The number of anilines is 1. The van der Waals surface area contributed by atoms with Gasteiger partial charge in [0.1, 0.15) is 6.54 Å². The second-order valence-corrected chi connectivity index (χ2v) is 5.56. The molecule has 3 aromatic rings. The van der Waals surface area contributed by atoms with Crippen LogP contribution in [0.15, 0.2) is 48.5 Å². The molecule has 3 rings (SSSR count). The van der Waals surface area contributed by atoms with E-state index in [4.69, 9.17) is 17.3 Å². The van der Waals surface area contributed by atoms with Gasteiger partial charge < -0.3 is 11.1 Å². The first-order chi connectivity index (χ1) is 12.0. The maximum absolute atomic E-state index is 12.4. The molecule has 25 heavy (non-hydrogen) atoms. The fourth-order valence-corrected chi connectivity index (χ4v) is 2.36. The Kier molecular flexibility index (Phi) is 4.71. The van der Waals surface area contributed by atoms with Crippen molar-refractivity contribution >= 4 is 29.1 Å². The number of primary amides is 1. The second-order valence-electron chi connectivity index (χ2n) is 5.12. The van der Waals surface area contributed by atoms with E-state index in [9.17, 15) is 9.59 Å². The molecule has 0 fully saturated rings. The van der Waals surface area contributed by atoms with Crippen LogP contribution < -0.4 is 11.1 Å². The van der Waals surface area contributed by atoms with Crippen molar-refractivity contribution in [2.45, 2.75) is 6.54 Å². The third-order valence-electron chi connectivity index (χ3n) is 3.25. The molecule has 0 unspecified atom stereocenters. The van der Waals surface area contributed by atoms with Gasteiger partial charge in [-0.3, -0.25) is 9.59 Å². The number of halogens is 1. The Morgan fingerprint density at radius 3 is 2.72 bits per heavy atom. The Morgan fingerprint density at radius 1 is 1.16 bits per heavy atom. The van der Waals surface area contributed by atoms with Crippen molar-refractivity contribution in [2.75, 3.05) is 5.32 Å². The van der Waals surface area contributed by atoms with Gasteiger partial charge in [0, 0.05) is 16.1 Å². The Morgan fingerprint density at radius 2 is 1.96 bits per heavy atom. The van der Waals surface area contributed by atoms with Gasteiger partial charge in [-0.15, -0.1) is 10.2 Å². The topological polar surface area (TPSA) is 116 Å². The highest BCUT2D eigenvalue weighted by Crippen LogP contribution is 2.25. The molecule has 1 heterocycles. The first-order valence-corrected chi connectivity index (χ1v) is 7.63. The van der Waals surface area contributed by atoms with E-state index >= 15 is 0 Å². The molecule has 0 spiro atoms. The first-order valence-electron chi connectivity index (χ1n) is 7.25. The Balaban J connectivity index is 1.87. The fraction of sp³-hybridized carbons (Fsp3) is 0.0625. The number of carbonyl (C=O) groups is 2. The van der Waals surface area contributed by atoms with Crippen LogP contribution in [0.25, 0.3) is 11.4 Å². The van der Waals surface area contributed by atoms with Crippen molar-refractivity contribution in [2.24, 2.45) is 5.73 Å². The zero-order chi connectivity index (χ0) is 17.8. The lowest BCUT2D eigenvalue weighted by Crippen LogP contribution is -2.20. The molecule has 0 aliphatic rings. The Labute approximate surface area is 147 Å². The highest BCUT2D eigenvalue weighted by atomic mass is 35.5. The van der Waals surface area contributed by atoms with Crippen molar-refractivity contribution in [1.82, 2.24) is 20.2 Å². The third kappa shape index (κ3) is 3.99. The van der Waals surface area contributed by atoms with E-state index < -0.39 is 5.91 Å². The van der Waals surface area contributed by atoms with Gasteiger partial charge in [-0.05, 0) is 35.5 Å². The minimum Gasteiger partial charge on any atom is -0.368 e. The molecule has 9 heteroatoms. The smallest absolute Gasteiger partial charge is 0.255 e. The molecular weight excluding hydrogens is 344 g/mol. The van der Waals surface area contributed by atoms with Crippen LogP contribution in [0.5, 0.6) is 0 Å². The van der Waals surface area contributed by atoms with Crippen LogP contribution in [0.3, 0.4) is 0 Å². The molecule has 1 aromatic heterocycles. The molecule has 0 radical (unpaired) electrons. The van der Waals surface area contributed by atoms with Crippen molar-refractivity contribution < 1.29 is 9.59 Å². The van der Waals surface area contributed by atoms with E-state index in [-0.39, 0.29) is 18.3 Å². The highest BCUT2D eigenvalue weighted by Gasteiger charge is 2.14. The largest absolute Gasteiger partial charge is 0.368 e. The minimum absolute atomic E-state index is 0.177. The van der Waals surface area contributed by atoms with Gasteiger partial charge in [0.25, 0.3) is 5.91 Å². The van der Waals surface area contributed by atoms with Gasteiger partial charge in [-0.1, -0.05) is 29.8 Å². The van der Waals surface area contributed by atoms with Crippen LogP contribution >= 0.6 is 11.6 Å². The van der Waals surface area contributed by atoms with Crippen LogP contribution in [0.1, 0.15) is 10.4 Å². The summed E-state index contributed by atoms with van der Waals surface area (Å²) in [5, 5.41) is 15.0. The molecule has 0 bridgehead atoms. The molecule has 0 aliphatic carbocycles. The lowest BCUT2D eigenvalue weighted by Gasteiger charge is -2.09. The molecule has 2 aromatic carbocycles. The molecule has 0 aliphatic heterocycles. The van der Waals surface area contributed by atoms with Gasteiger partial charge in [0.15, 0.2) is 0 Å². The predicted octanol–water partition coefficient (Wildman–Crippen LogP) is 1.73.